The van der Waals surface area contributed by atoms with Gasteiger partial charge in [0.05, 0.1) is 12.8 Å². The predicted octanol–water partition coefficient (Wildman–Crippen LogP) is 1.27. The molecule has 1 heterocycles. The second-order valence-electron chi connectivity index (χ2n) is 2.58. The Bertz CT molecular complexity index is 323. The summed E-state index contributed by atoms with van der Waals surface area (Å²) < 4.78 is 4.74. The zero-order valence-electron chi connectivity index (χ0n) is 7.57. The summed E-state index contributed by atoms with van der Waals surface area (Å²) in [7, 11) is 0. The Kier molecular flexibility index (Phi) is 2.84. The lowest BCUT2D eigenvalue weighted by molar-refractivity contribution is 0.0519. The number of carbonyl (C=O) groups is 1. The van der Waals surface area contributed by atoms with Crippen LogP contribution in [-0.2, 0) is 4.74 Å². The molecule has 0 radical (unpaired) electrons. The van der Waals surface area contributed by atoms with Gasteiger partial charge in [-0.25, -0.2) is 9.78 Å². The summed E-state index contributed by atoms with van der Waals surface area (Å²) in [6.45, 7) is 3.74. The van der Waals surface area contributed by atoms with E-state index in [0.717, 1.165) is 0 Å². The second kappa shape index (κ2) is 3.89. The van der Waals surface area contributed by atoms with E-state index < -0.39 is 5.97 Å². The highest BCUT2D eigenvalue weighted by atomic mass is 16.5. The summed E-state index contributed by atoms with van der Waals surface area (Å²) in [6.07, 6.45) is 1.24. The molecule has 0 aliphatic carbocycles. The number of aromatic hydroxyl groups is 1. The molecule has 0 aliphatic rings. The van der Waals surface area contributed by atoms with Crippen LogP contribution >= 0.6 is 0 Å². The molecule has 1 rings (SSSR count). The first-order chi connectivity index (χ1) is 6.15. The van der Waals surface area contributed by atoms with E-state index >= 15 is 0 Å². The first kappa shape index (κ1) is 9.51. The van der Waals surface area contributed by atoms with Crippen LogP contribution in [0.1, 0.15) is 23.0 Å². The Hall–Kier alpha value is -1.58. The van der Waals surface area contributed by atoms with E-state index in [4.69, 9.17) is 9.84 Å². The van der Waals surface area contributed by atoms with E-state index in [2.05, 4.69) is 4.98 Å². The lowest BCUT2D eigenvalue weighted by atomic mass is 10.2. The molecule has 4 heteroatoms. The molecule has 0 fully saturated rings. The van der Waals surface area contributed by atoms with Gasteiger partial charge in [-0.1, -0.05) is 0 Å². The molecule has 0 saturated carbocycles. The zero-order chi connectivity index (χ0) is 9.84. The largest absolute Gasteiger partial charge is 0.506 e. The third-order valence-corrected chi connectivity index (χ3v) is 1.57. The predicted molar refractivity (Wildman–Crippen MR) is 46.6 cm³/mol. The van der Waals surface area contributed by atoms with Crippen LogP contribution in [0.5, 0.6) is 5.75 Å². The molecule has 4 nitrogen and oxygen atoms in total. The Balaban J connectivity index is 2.90. The number of hydrogen-bond donors (Lipinski definition) is 1. The van der Waals surface area contributed by atoms with Crippen LogP contribution in [0, 0.1) is 6.92 Å². The van der Waals surface area contributed by atoms with E-state index in [1.54, 1.807) is 13.8 Å². The van der Waals surface area contributed by atoms with E-state index in [9.17, 15) is 4.79 Å². The molecule has 0 bridgehead atoms. The molecule has 1 aromatic heterocycles. The van der Waals surface area contributed by atoms with Crippen molar-refractivity contribution >= 4 is 5.97 Å². The number of esters is 1. The van der Waals surface area contributed by atoms with E-state index in [1.165, 1.54) is 12.3 Å². The molecule has 0 aromatic carbocycles. The number of hydrogen-bond acceptors (Lipinski definition) is 4. The van der Waals surface area contributed by atoms with Gasteiger partial charge in [-0.2, -0.15) is 0 Å². The first-order valence-electron chi connectivity index (χ1n) is 3.98. The highest BCUT2D eigenvalue weighted by Gasteiger charge is 2.09. The first-order valence-corrected chi connectivity index (χ1v) is 3.98. The molecule has 0 saturated heterocycles. The maximum atomic E-state index is 11.1. The van der Waals surface area contributed by atoms with Crippen molar-refractivity contribution in [2.45, 2.75) is 13.8 Å². The van der Waals surface area contributed by atoms with Gasteiger partial charge < -0.3 is 9.84 Å². The maximum absolute atomic E-state index is 11.1. The Labute approximate surface area is 76.2 Å². The summed E-state index contributed by atoms with van der Waals surface area (Å²) in [5.74, 6) is -0.390. The monoisotopic (exact) mass is 181 g/mol. The zero-order valence-corrected chi connectivity index (χ0v) is 7.57. The second-order valence-corrected chi connectivity index (χ2v) is 2.58. The Morgan fingerprint density at radius 1 is 1.69 bits per heavy atom. The van der Waals surface area contributed by atoms with E-state index in [1.807, 2.05) is 0 Å². The van der Waals surface area contributed by atoms with Crippen molar-refractivity contribution in [2.75, 3.05) is 6.61 Å². The van der Waals surface area contributed by atoms with Crippen LogP contribution in [-0.4, -0.2) is 22.7 Å². The average molecular weight is 181 g/mol. The number of pyridine rings is 1. The van der Waals surface area contributed by atoms with E-state index in [0.29, 0.717) is 12.2 Å². The van der Waals surface area contributed by atoms with Crippen molar-refractivity contribution in [3.8, 4) is 5.75 Å². The van der Waals surface area contributed by atoms with Crippen molar-refractivity contribution in [1.82, 2.24) is 4.98 Å². The smallest absolute Gasteiger partial charge is 0.356 e. The Morgan fingerprint density at radius 2 is 2.38 bits per heavy atom. The topological polar surface area (TPSA) is 59.4 Å². The third-order valence-electron chi connectivity index (χ3n) is 1.57. The minimum Gasteiger partial charge on any atom is -0.506 e. The summed E-state index contributed by atoms with van der Waals surface area (Å²) in [6, 6.07) is 1.49. The standard InChI is InChI=1S/C9H11NO3/c1-3-13-9(12)7-4-6(2)8(11)5-10-7/h4-5,11H,3H2,1-2H3. The van der Waals surface area contributed by atoms with Crippen molar-refractivity contribution in [3.05, 3.63) is 23.5 Å². The van der Waals surface area contributed by atoms with Gasteiger partial charge in [-0.05, 0) is 25.5 Å². The van der Waals surface area contributed by atoms with Gasteiger partial charge in [-0.3, -0.25) is 0 Å². The van der Waals surface area contributed by atoms with Crippen molar-refractivity contribution in [3.63, 3.8) is 0 Å². The van der Waals surface area contributed by atoms with Crippen molar-refractivity contribution in [2.24, 2.45) is 0 Å². The minimum atomic E-state index is -0.467. The van der Waals surface area contributed by atoms with Gasteiger partial charge in [0.15, 0.2) is 0 Å². The lowest BCUT2D eigenvalue weighted by Crippen LogP contribution is -2.06. The van der Waals surface area contributed by atoms with Crippen molar-refractivity contribution in [1.29, 1.82) is 0 Å². The molecular weight excluding hydrogens is 170 g/mol. The van der Waals surface area contributed by atoms with Crippen LogP contribution in [0.15, 0.2) is 12.3 Å². The molecular formula is C9H11NO3. The highest BCUT2D eigenvalue weighted by Crippen LogP contribution is 2.14. The number of rotatable bonds is 2. The fourth-order valence-corrected chi connectivity index (χ4v) is 0.865. The summed E-state index contributed by atoms with van der Waals surface area (Å²) >= 11 is 0. The van der Waals surface area contributed by atoms with Crippen LogP contribution in [0.4, 0.5) is 0 Å². The fourth-order valence-electron chi connectivity index (χ4n) is 0.865. The summed E-state index contributed by atoms with van der Waals surface area (Å²) in [4.78, 5) is 14.9. The van der Waals surface area contributed by atoms with Gasteiger partial charge in [0.1, 0.15) is 11.4 Å². The van der Waals surface area contributed by atoms with Gasteiger partial charge in [0.2, 0.25) is 0 Å². The van der Waals surface area contributed by atoms with E-state index in [-0.39, 0.29) is 11.4 Å². The number of aromatic nitrogens is 1. The highest BCUT2D eigenvalue weighted by molar-refractivity contribution is 5.87. The number of ether oxygens (including phenoxy) is 1. The summed E-state index contributed by atoms with van der Waals surface area (Å²) in [5.41, 5.74) is 0.829. The fraction of sp³-hybridized carbons (Fsp3) is 0.333. The van der Waals surface area contributed by atoms with Gasteiger partial charge in [0, 0.05) is 0 Å². The molecule has 1 N–H and O–H groups in total. The van der Waals surface area contributed by atoms with Gasteiger partial charge in [-0.15, -0.1) is 0 Å². The van der Waals surface area contributed by atoms with Gasteiger partial charge in [0.25, 0.3) is 0 Å². The SMILES string of the molecule is CCOC(=O)c1cc(C)c(O)cn1. The molecule has 0 atom stereocenters. The molecule has 70 valence electrons. The lowest BCUT2D eigenvalue weighted by Gasteiger charge is -2.02. The Morgan fingerprint density at radius 3 is 2.92 bits per heavy atom. The molecule has 0 unspecified atom stereocenters. The third kappa shape index (κ3) is 2.18. The molecule has 1 aromatic rings. The quantitative estimate of drug-likeness (QED) is 0.698. The summed E-state index contributed by atoms with van der Waals surface area (Å²) in [5, 5.41) is 9.14. The van der Waals surface area contributed by atoms with Crippen molar-refractivity contribution < 1.29 is 14.6 Å². The molecule has 0 spiro atoms. The number of carbonyl (C=O) groups excluding carboxylic acids is 1. The van der Waals surface area contributed by atoms with Crippen LogP contribution in [0.2, 0.25) is 0 Å². The average Bonchev–Trinajstić information content (AvgIpc) is 2.10. The minimum absolute atomic E-state index is 0.0769. The van der Waals surface area contributed by atoms with Crippen LogP contribution in [0.3, 0.4) is 0 Å². The molecule has 0 aliphatic heterocycles. The molecule has 0 amide bonds. The van der Waals surface area contributed by atoms with Gasteiger partial charge >= 0.3 is 5.97 Å². The molecule has 13 heavy (non-hydrogen) atoms. The number of nitrogens with zero attached hydrogens (tertiary/aromatic N) is 1. The van der Waals surface area contributed by atoms with Crippen LogP contribution in [0.25, 0.3) is 0 Å². The number of aryl methyl sites for hydroxylation is 1. The normalized spacial score (nSPS) is 9.69. The maximum Gasteiger partial charge on any atom is 0.356 e. The van der Waals surface area contributed by atoms with Crippen LogP contribution < -0.4 is 0 Å².